The molecule has 2 nitrogen and oxygen atoms in total. The average molecular weight is 333 g/mol. The van der Waals surface area contributed by atoms with Crippen molar-refractivity contribution in [1.29, 1.82) is 5.26 Å². The third-order valence-corrected chi connectivity index (χ3v) is 3.67. The molecule has 1 atom stereocenters. The van der Waals surface area contributed by atoms with Crippen molar-refractivity contribution < 1.29 is 4.39 Å². The summed E-state index contributed by atoms with van der Waals surface area (Å²) in [6.07, 6.45) is 0. The van der Waals surface area contributed by atoms with Crippen molar-refractivity contribution in [2.75, 3.05) is 0 Å². The molecule has 0 aliphatic rings. The number of hydrogen-bond acceptors (Lipinski definition) is 2. The largest absolute Gasteiger partial charge is 0.306 e. The van der Waals surface area contributed by atoms with Crippen LogP contribution in [0.25, 0.3) is 0 Å². The van der Waals surface area contributed by atoms with E-state index in [1.54, 1.807) is 6.07 Å². The Balaban J connectivity index is 2.05. The molecule has 0 aliphatic carbocycles. The van der Waals surface area contributed by atoms with Gasteiger partial charge in [0.2, 0.25) is 0 Å². The molecule has 0 saturated heterocycles. The zero-order chi connectivity index (χ0) is 14.5. The molecule has 4 heteroatoms. The number of nitrogens with zero attached hydrogens (tertiary/aromatic N) is 1. The van der Waals surface area contributed by atoms with Crippen LogP contribution in [0.4, 0.5) is 4.39 Å². The molecule has 0 aliphatic heterocycles. The Kier molecular flexibility index (Phi) is 4.89. The molecule has 0 radical (unpaired) electrons. The minimum absolute atomic E-state index is 0.105. The van der Waals surface area contributed by atoms with E-state index in [-0.39, 0.29) is 11.9 Å². The second-order valence-corrected chi connectivity index (χ2v) is 5.49. The maximum absolute atomic E-state index is 13.7. The lowest BCUT2D eigenvalue weighted by molar-refractivity contribution is 0.544. The predicted octanol–water partition coefficient (Wildman–Crippen LogP) is 4.31. The van der Waals surface area contributed by atoms with Gasteiger partial charge in [-0.05, 0) is 42.8 Å². The van der Waals surface area contributed by atoms with E-state index in [4.69, 9.17) is 5.26 Å². The van der Waals surface area contributed by atoms with Crippen LogP contribution in [0.15, 0.2) is 46.9 Å². The van der Waals surface area contributed by atoms with Gasteiger partial charge in [-0.15, -0.1) is 0 Å². The van der Waals surface area contributed by atoms with Gasteiger partial charge < -0.3 is 5.32 Å². The summed E-state index contributed by atoms with van der Waals surface area (Å²) in [5, 5.41) is 12.1. The Morgan fingerprint density at radius 1 is 1.25 bits per heavy atom. The van der Waals surface area contributed by atoms with E-state index in [0.29, 0.717) is 17.7 Å². The molecular weight excluding hydrogens is 319 g/mol. The molecule has 102 valence electrons. The quantitative estimate of drug-likeness (QED) is 0.905. The summed E-state index contributed by atoms with van der Waals surface area (Å²) in [6, 6.07) is 14.5. The summed E-state index contributed by atoms with van der Waals surface area (Å²) in [5.41, 5.74) is 2.11. The van der Waals surface area contributed by atoms with Crippen LogP contribution in [-0.2, 0) is 6.54 Å². The van der Waals surface area contributed by atoms with Crippen molar-refractivity contribution in [3.05, 3.63) is 69.4 Å². The number of hydrogen-bond donors (Lipinski definition) is 1. The highest BCUT2D eigenvalue weighted by Gasteiger charge is 2.08. The van der Waals surface area contributed by atoms with Gasteiger partial charge in [0.25, 0.3) is 0 Å². The first-order valence-electron chi connectivity index (χ1n) is 6.27. The van der Waals surface area contributed by atoms with E-state index in [9.17, 15) is 4.39 Å². The van der Waals surface area contributed by atoms with Gasteiger partial charge >= 0.3 is 0 Å². The van der Waals surface area contributed by atoms with Gasteiger partial charge in [-0.1, -0.05) is 28.1 Å². The Morgan fingerprint density at radius 2 is 1.95 bits per heavy atom. The topological polar surface area (TPSA) is 35.8 Å². The highest BCUT2D eigenvalue weighted by Crippen LogP contribution is 2.18. The van der Waals surface area contributed by atoms with Crippen LogP contribution < -0.4 is 5.32 Å². The van der Waals surface area contributed by atoms with Crippen LogP contribution in [0.3, 0.4) is 0 Å². The van der Waals surface area contributed by atoms with Crippen molar-refractivity contribution in [3.8, 4) is 6.07 Å². The zero-order valence-electron chi connectivity index (χ0n) is 11.0. The number of rotatable bonds is 4. The Hall–Kier alpha value is -1.70. The van der Waals surface area contributed by atoms with Crippen molar-refractivity contribution in [3.63, 3.8) is 0 Å². The second kappa shape index (κ2) is 6.65. The van der Waals surface area contributed by atoms with Gasteiger partial charge in [-0.3, -0.25) is 0 Å². The number of benzene rings is 2. The maximum Gasteiger partial charge on any atom is 0.127 e. The predicted molar refractivity (Wildman–Crippen MR) is 80.5 cm³/mol. The second-order valence-electron chi connectivity index (χ2n) is 4.57. The SMILES string of the molecule is C[C@H](NCc1cc(C#N)ccc1F)c1ccc(Br)cc1. The molecule has 0 spiro atoms. The highest BCUT2D eigenvalue weighted by molar-refractivity contribution is 9.10. The van der Waals surface area contributed by atoms with Crippen LogP contribution in [0.1, 0.15) is 29.7 Å². The van der Waals surface area contributed by atoms with Gasteiger partial charge in [-0.2, -0.15) is 5.26 Å². The highest BCUT2D eigenvalue weighted by atomic mass is 79.9. The van der Waals surface area contributed by atoms with Gasteiger partial charge in [0, 0.05) is 22.6 Å². The number of halogens is 2. The molecule has 1 N–H and O–H groups in total. The van der Waals surface area contributed by atoms with Crippen LogP contribution in [0.5, 0.6) is 0 Å². The van der Waals surface area contributed by atoms with Crippen LogP contribution in [0, 0.1) is 17.1 Å². The Labute approximate surface area is 126 Å². The standard InChI is InChI=1S/C16H14BrFN2/c1-11(13-3-5-15(17)6-4-13)20-10-14-8-12(9-19)2-7-16(14)18/h2-8,11,20H,10H2,1H3/t11-/m0/s1. The third-order valence-electron chi connectivity index (χ3n) is 3.14. The molecule has 0 heterocycles. The van der Waals surface area contributed by atoms with E-state index >= 15 is 0 Å². The molecule has 20 heavy (non-hydrogen) atoms. The van der Waals surface area contributed by atoms with E-state index in [1.165, 1.54) is 12.1 Å². The minimum atomic E-state index is -0.292. The zero-order valence-corrected chi connectivity index (χ0v) is 12.6. The first-order valence-corrected chi connectivity index (χ1v) is 7.07. The maximum atomic E-state index is 13.7. The van der Waals surface area contributed by atoms with Gasteiger partial charge in [0.15, 0.2) is 0 Å². The molecule has 2 aromatic carbocycles. The Morgan fingerprint density at radius 3 is 2.60 bits per heavy atom. The van der Waals surface area contributed by atoms with Gasteiger partial charge in [0.1, 0.15) is 5.82 Å². The number of nitrogens with one attached hydrogen (secondary N) is 1. The summed E-state index contributed by atoms with van der Waals surface area (Å²) in [7, 11) is 0. The van der Waals surface area contributed by atoms with Crippen LogP contribution >= 0.6 is 15.9 Å². The summed E-state index contributed by atoms with van der Waals surface area (Å²) >= 11 is 3.40. The fourth-order valence-corrected chi connectivity index (χ4v) is 2.18. The molecule has 2 aromatic rings. The molecule has 2 rings (SSSR count). The summed E-state index contributed by atoms with van der Waals surface area (Å²) in [6.45, 7) is 2.41. The minimum Gasteiger partial charge on any atom is -0.306 e. The molecule has 0 amide bonds. The van der Waals surface area contributed by atoms with E-state index < -0.39 is 0 Å². The molecule has 0 saturated carbocycles. The normalized spacial score (nSPS) is 11.9. The number of nitriles is 1. The van der Waals surface area contributed by atoms with Crippen molar-refractivity contribution in [2.45, 2.75) is 19.5 Å². The lowest BCUT2D eigenvalue weighted by Crippen LogP contribution is -2.18. The molecule has 0 unspecified atom stereocenters. The fourth-order valence-electron chi connectivity index (χ4n) is 1.91. The Bertz CT molecular complexity index is 632. The molecule has 0 bridgehead atoms. The van der Waals surface area contributed by atoms with Gasteiger partial charge in [-0.25, -0.2) is 4.39 Å². The fraction of sp³-hybridized carbons (Fsp3) is 0.188. The average Bonchev–Trinajstić information content (AvgIpc) is 2.47. The first-order chi connectivity index (χ1) is 9.60. The smallest absolute Gasteiger partial charge is 0.127 e. The lowest BCUT2D eigenvalue weighted by atomic mass is 10.1. The first kappa shape index (κ1) is 14.7. The monoisotopic (exact) mass is 332 g/mol. The molecule has 0 fully saturated rings. The molecular formula is C16H14BrFN2. The van der Waals surface area contributed by atoms with E-state index in [1.807, 2.05) is 37.3 Å². The van der Waals surface area contributed by atoms with Crippen LogP contribution in [0.2, 0.25) is 0 Å². The van der Waals surface area contributed by atoms with Crippen LogP contribution in [-0.4, -0.2) is 0 Å². The van der Waals surface area contributed by atoms with E-state index in [2.05, 4.69) is 21.2 Å². The summed E-state index contributed by atoms with van der Waals surface area (Å²) < 4.78 is 14.7. The van der Waals surface area contributed by atoms with Crippen molar-refractivity contribution in [1.82, 2.24) is 5.32 Å². The third kappa shape index (κ3) is 3.66. The lowest BCUT2D eigenvalue weighted by Gasteiger charge is -2.15. The summed E-state index contributed by atoms with van der Waals surface area (Å²) in [4.78, 5) is 0. The molecule has 0 aromatic heterocycles. The van der Waals surface area contributed by atoms with E-state index in [0.717, 1.165) is 10.0 Å². The summed E-state index contributed by atoms with van der Waals surface area (Å²) in [5.74, 6) is -0.292. The van der Waals surface area contributed by atoms with Crippen molar-refractivity contribution >= 4 is 15.9 Å². The van der Waals surface area contributed by atoms with Crippen molar-refractivity contribution in [2.24, 2.45) is 0 Å². The van der Waals surface area contributed by atoms with Gasteiger partial charge in [0.05, 0.1) is 11.6 Å².